The summed E-state index contributed by atoms with van der Waals surface area (Å²) in [5, 5.41) is 3.38. The molecule has 0 aromatic heterocycles. The lowest BCUT2D eigenvalue weighted by atomic mass is 10.2. The zero-order valence-corrected chi connectivity index (χ0v) is 9.29. The Kier molecular flexibility index (Phi) is 2.71. The summed E-state index contributed by atoms with van der Waals surface area (Å²) in [6.07, 6.45) is 1.33. The van der Waals surface area contributed by atoms with Crippen LogP contribution in [0.2, 0.25) is 0 Å². The van der Waals surface area contributed by atoms with E-state index >= 15 is 0 Å². The normalized spacial score (nSPS) is 23.6. The molecule has 0 radical (unpaired) electrons. The van der Waals surface area contributed by atoms with E-state index in [4.69, 9.17) is 10.5 Å². The first-order valence-corrected chi connectivity index (χ1v) is 5.38. The van der Waals surface area contributed by atoms with Gasteiger partial charge in [0, 0.05) is 12.6 Å². The molecule has 1 aromatic carbocycles. The number of anilines is 2. The number of nitrogens with one attached hydrogen (secondary N) is 1. The number of methoxy groups -OCH3 is 1. The van der Waals surface area contributed by atoms with E-state index in [2.05, 4.69) is 12.2 Å². The summed E-state index contributed by atoms with van der Waals surface area (Å²) in [6.45, 7) is 3.29. The van der Waals surface area contributed by atoms with Crippen LogP contribution >= 0.6 is 0 Å². The topological polar surface area (TPSA) is 47.3 Å². The predicted molar refractivity (Wildman–Crippen MR) is 63.2 cm³/mol. The number of ether oxygens (including phenoxy) is 1. The standard InChI is InChI=1S/C12H18N2O/c1-8-5-9(8)7-14-12-6-10(15-2)3-4-11(12)13/h3-4,6,8-9,14H,5,7,13H2,1-2H3. The molecule has 3 heteroatoms. The first-order chi connectivity index (χ1) is 7.20. The maximum absolute atomic E-state index is 5.87. The molecule has 2 unspecified atom stereocenters. The minimum atomic E-state index is 0.782. The molecule has 0 amide bonds. The first-order valence-electron chi connectivity index (χ1n) is 5.38. The second-order valence-electron chi connectivity index (χ2n) is 4.31. The van der Waals surface area contributed by atoms with Crippen molar-refractivity contribution in [3.8, 4) is 5.75 Å². The Morgan fingerprint density at radius 2 is 2.27 bits per heavy atom. The minimum absolute atomic E-state index is 0.782. The third-order valence-electron chi connectivity index (χ3n) is 3.09. The number of hydrogen-bond acceptors (Lipinski definition) is 3. The first kappa shape index (κ1) is 10.1. The minimum Gasteiger partial charge on any atom is -0.497 e. The zero-order chi connectivity index (χ0) is 10.8. The fourth-order valence-corrected chi connectivity index (χ4v) is 1.74. The van der Waals surface area contributed by atoms with Crippen LogP contribution < -0.4 is 15.8 Å². The van der Waals surface area contributed by atoms with Crippen molar-refractivity contribution in [1.82, 2.24) is 0 Å². The Labute approximate surface area is 90.6 Å². The van der Waals surface area contributed by atoms with E-state index in [0.717, 1.165) is 35.5 Å². The van der Waals surface area contributed by atoms with Crippen LogP contribution in [0.3, 0.4) is 0 Å². The van der Waals surface area contributed by atoms with Crippen molar-refractivity contribution in [1.29, 1.82) is 0 Å². The lowest BCUT2D eigenvalue weighted by Gasteiger charge is -2.10. The fourth-order valence-electron chi connectivity index (χ4n) is 1.74. The molecule has 2 rings (SSSR count). The Morgan fingerprint density at radius 3 is 2.87 bits per heavy atom. The molecule has 0 heterocycles. The lowest BCUT2D eigenvalue weighted by molar-refractivity contribution is 0.415. The van der Waals surface area contributed by atoms with Gasteiger partial charge in [-0.05, 0) is 30.4 Å². The van der Waals surface area contributed by atoms with Gasteiger partial charge < -0.3 is 15.8 Å². The monoisotopic (exact) mass is 206 g/mol. The molecular weight excluding hydrogens is 188 g/mol. The van der Waals surface area contributed by atoms with E-state index in [0.29, 0.717) is 0 Å². The van der Waals surface area contributed by atoms with Gasteiger partial charge in [-0.1, -0.05) is 6.92 Å². The van der Waals surface area contributed by atoms with Crippen molar-refractivity contribution in [2.45, 2.75) is 13.3 Å². The van der Waals surface area contributed by atoms with Crippen molar-refractivity contribution in [3.05, 3.63) is 18.2 Å². The maximum atomic E-state index is 5.87. The van der Waals surface area contributed by atoms with E-state index in [1.807, 2.05) is 18.2 Å². The SMILES string of the molecule is COc1ccc(N)c(NCC2CC2C)c1. The molecule has 0 spiro atoms. The van der Waals surface area contributed by atoms with Gasteiger partial charge in [0.25, 0.3) is 0 Å². The Bertz CT molecular complexity index is 351. The highest BCUT2D eigenvalue weighted by atomic mass is 16.5. The summed E-state index contributed by atoms with van der Waals surface area (Å²) in [7, 11) is 1.66. The number of nitrogen functional groups attached to an aromatic ring is 1. The van der Waals surface area contributed by atoms with Gasteiger partial charge in [0.15, 0.2) is 0 Å². The van der Waals surface area contributed by atoms with Gasteiger partial charge in [-0.2, -0.15) is 0 Å². The zero-order valence-electron chi connectivity index (χ0n) is 9.29. The second-order valence-corrected chi connectivity index (χ2v) is 4.31. The van der Waals surface area contributed by atoms with Gasteiger partial charge in [-0.3, -0.25) is 0 Å². The molecule has 82 valence electrons. The predicted octanol–water partition coefficient (Wildman–Crippen LogP) is 2.35. The number of rotatable bonds is 4. The van der Waals surface area contributed by atoms with Crippen LogP contribution in [0.1, 0.15) is 13.3 Å². The van der Waals surface area contributed by atoms with Crippen LogP contribution in [0.25, 0.3) is 0 Å². The van der Waals surface area contributed by atoms with Crippen molar-refractivity contribution in [3.63, 3.8) is 0 Å². The highest BCUT2D eigenvalue weighted by molar-refractivity contribution is 5.68. The quantitative estimate of drug-likeness (QED) is 0.743. The van der Waals surface area contributed by atoms with Crippen LogP contribution in [0.4, 0.5) is 11.4 Å². The van der Waals surface area contributed by atoms with Crippen LogP contribution in [0.5, 0.6) is 5.75 Å². The Hall–Kier alpha value is -1.38. The highest BCUT2D eigenvalue weighted by Gasteiger charge is 2.31. The third kappa shape index (κ3) is 2.35. The summed E-state index contributed by atoms with van der Waals surface area (Å²) in [5.41, 5.74) is 7.63. The second kappa shape index (κ2) is 4.01. The summed E-state index contributed by atoms with van der Waals surface area (Å²) < 4.78 is 5.16. The van der Waals surface area contributed by atoms with Gasteiger partial charge in [0.05, 0.1) is 18.5 Å². The van der Waals surface area contributed by atoms with Crippen molar-refractivity contribution in [2.75, 3.05) is 24.7 Å². The van der Waals surface area contributed by atoms with Gasteiger partial charge in [-0.25, -0.2) is 0 Å². The molecule has 3 N–H and O–H groups in total. The van der Waals surface area contributed by atoms with Crippen LogP contribution in [0.15, 0.2) is 18.2 Å². The molecule has 1 aromatic rings. The summed E-state index contributed by atoms with van der Waals surface area (Å²) in [5.74, 6) is 2.52. The van der Waals surface area contributed by atoms with E-state index in [-0.39, 0.29) is 0 Å². The van der Waals surface area contributed by atoms with E-state index in [9.17, 15) is 0 Å². The average Bonchev–Trinajstić information content (AvgIpc) is 2.94. The average molecular weight is 206 g/mol. The van der Waals surface area contributed by atoms with Crippen LogP contribution in [0, 0.1) is 11.8 Å². The Balaban J connectivity index is 1.99. The third-order valence-corrected chi connectivity index (χ3v) is 3.09. The summed E-state index contributed by atoms with van der Waals surface area (Å²) >= 11 is 0. The molecule has 0 saturated heterocycles. The van der Waals surface area contributed by atoms with Gasteiger partial charge in [-0.15, -0.1) is 0 Å². The molecule has 1 fully saturated rings. The summed E-state index contributed by atoms with van der Waals surface area (Å²) in [4.78, 5) is 0. The van der Waals surface area contributed by atoms with Crippen molar-refractivity contribution >= 4 is 11.4 Å². The largest absolute Gasteiger partial charge is 0.497 e. The van der Waals surface area contributed by atoms with E-state index in [1.165, 1.54) is 6.42 Å². The fraction of sp³-hybridized carbons (Fsp3) is 0.500. The molecule has 0 aliphatic heterocycles. The van der Waals surface area contributed by atoms with Crippen LogP contribution in [-0.2, 0) is 0 Å². The van der Waals surface area contributed by atoms with E-state index < -0.39 is 0 Å². The van der Waals surface area contributed by atoms with Gasteiger partial charge >= 0.3 is 0 Å². The molecule has 1 aliphatic carbocycles. The molecule has 3 nitrogen and oxygen atoms in total. The molecular formula is C12H18N2O. The van der Waals surface area contributed by atoms with Gasteiger partial charge in [0.2, 0.25) is 0 Å². The molecule has 0 bridgehead atoms. The highest BCUT2D eigenvalue weighted by Crippen LogP contribution is 2.38. The molecule has 1 saturated carbocycles. The van der Waals surface area contributed by atoms with Gasteiger partial charge in [0.1, 0.15) is 5.75 Å². The van der Waals surface area contributed by atoms with Crippen molar-refractivity contribution in [2.24, 2.45) is 11.8 Å². The molecule has 1 aliphatic rings. The number of hydrogen-bond donors (Lipinski definition) is 2. The van der Waals surface area contributed by atoms with E-state index in [1.54, 1.807) is 7.11 Å². The lowest BCUT2D eigenvalue weighted by Crippen LogP contribution is -2.06. The smallest absolute Gasteiger partial charge is 0.121 e. The number of nitrogens with two attached hydrogens (primary N) is 1. The summed E-state index contributed by atoms with van der Waals surface area (Å²) in [6, 6.07) is 5.69. The Morgan fingerprint density at radius 1 is 1.53 bits per heavy atom. The van der Waals surface area contributed by atoms with Crippen LogP contribution in [-0.4, -0.2) is 13.7 Å². The van der Waals surface area contributed by atoms with Crippen molar-refractivity contribution < 1.29 is 4.74 Å². The number of benzene rings is 1. The molecule has 2 atom stereocenters. The molecule has 15 heavy (non-hydrogen) atoms. The maximum Gasteiger partial charge on any atom is 0.121 e.